The fourth-order valence-corrected chi connectivity index (χ4v) is 3.94. The Labute approximate surface area is 159 Å². The van der Waals surface area contributed by atoms with E-state index in [2.05, 4.69) is 87.5 Å². The Kier molecular flexibility index (Phi) is 3.42. The second kappa shape index (κ2) is 5.72. The van der Waals surface area contributed by atoms with E-state index in [0.29, 0.717) is 0 Å². The number of rotatable bonds is 1. The van der Waals surface area contributed by atoms with Crippen LogP contribution in [0.1, 0.15) is 26.3 Å². The van der Waals surface area contributed by atoms with Gasteiger partial charge in [0.15, 0.2) is 0 Å². The van der Waals surface area contributed by atoms with E-state index >= 15 is 0 Å². The van der Waals surface area contributed by atoms with Crippen molar-refractivity contribution in [2.24, 2.45) is 0 Å². The highest BCUT2D eigenvalue weighted by molar-refractivity contribution is 6.19. The predicted molar refractivity (Wildman–Crippen MR) is 115 cm³/mol. The minimum Gasteiger partial charge on any atom is -0.455 e. The number of fused-ring (bicyclic) bond motifs is 5. The molecule has 0 spiro atoms. The monoisotopic (exact) mass is 350 g/mol. The highest BCUT2D eigenvalue weighted by Crippen LogP contribution is 2.39. The van der Waals surface area contributed by atoms with Gasteiger partial charge >= 0.3 is 0 Å². The molecule has 5 aromatic rings. The molecule has 1 aromatic heterocycles. The van der Waals surface area contributed by atoms with Gasteiger partial charge in [0.25, 0.3) is 0 Å². The summed E-state index contributed by atoms with van der Waals surface area (Å²) in [6.07, 6.45) is 0. The van der Waals surface area contributed by atoms with Crippen molar-refractivity contribution in [1.82, 2.24) is 0 Å². The molecule has 1 heteroatoms. The van der Waals surface area contributed by atoms with E-state index in [9.17, 15) is 0 Å². The van der Waals surface area contributed by atoms with Gasteiger partial charge in [0, 0.05) is 16.2 Å². The van der Waals surface area contributed by atoms with Gasteiger partial charge < -0.3 is 4.42 Å². The molecular weight excluding hydrogens is 328 g/mol. The SMILES string of the molecule is CC(C)(C)c1ccc(-c2cc3c4ccccc4oc3c3ccccc23)cc1. The molecule has 132 valence electrons. The molecule has 0 N–H and O–H groups in total. The van der Waals surface area contributed by atoms with Gasteiger partial charge in [0.2, 0.25) is 0 Å². The maximum atomic E-state index is 6.22. The summed E-state index contributed by atoms with van der Waals surface area (Å²) in [6, 6.07) is 28.1. The van der Waals surface area contributed by atoms with E-state index in [0.717, 1.165) is 11.2 Å². The second-order valence-corrected chi connectivity index (χ2v) is 8.27. The van der Waals surface area contributed by atoms with Crippen LogP contribution in [0.2, 0.25) is 0 Å². The first-order valence-electron chi connectivity index (χ1n) is 9.46. The molecule has 4 aromatic carbocycles. The van der Waals surface area contributed by atoms with Crippen molar-refractivity contribution in [3.8, 4) is 11.1 Å². The average molecular weight is 350 g/mol. The van der Waals surface area contributed by atoms with E-state index in [1.165, 1.54) is 38.2 Å². The van der Waals surface area contributed by atoms with Crippen LogP contribution < -0.4 is 0 Å². The van der Waals surface area contributed by atoms with E-state index in [1.807, 2.05) is 12.1 Å². The Hall–Kier alpha value is -3.06. The fraction of sp³-hybridized carbons (Fsp3) is 0.154. The fourth-order valence-electron chi connectivity index (χ4n) is 3.94. The number of hydrogen-bond donors (Lipinski definition) is 0. The molecule has 27 heavy (non-hydrogen) atoms. The Balaban J connectivity index is 1.84. The molecule has 0 radical (unpaired) electrons. The molecule has 0 saturated carbocycles. The van der Waals surface area contributed by atoms with E-state index in [1.54, 1.807) is 0 Å². The van der Waals surface area contributed by atoms with Gasteiger partial charge in [-0.1, -0.05) is 87.5 Å². The molecule has 0 aliphatic heterocycles. The number of hydrogen-bond acceptors (Lipinski definition) is 1. The lowest BCUT2D eigenvalue weighted by Gasteiger charge is -2.19. The molecular formula is C26H22O. The highest BCUT2D eigenvalue weighted by Gasteiger charge is 2.16. The topological polar surface area (TPSA) is 13.1 Å². The Morgan fingerprint density at radius 3 is 1.96 bits per heavy atom. The molecule has 0 aliphatic carbocycles. The first-order valence-corrected chi connectivity index (χ1v) is 9.46. The number of benzene rings is 4. The zero-order chi connectivity index (χ0) is 18.6. The normalized spacial score (nSPS) is 12.3. The standard InChI is InChI=1S/C26H22O/c1-26(2,3)18-14-12-17(13-15-18)22-16-23-20-9-6-7-11-24(20)27-25(23)21-10-5-4-8-19(21)22/h4-16H,1-3H3. The van der Waals surface area contributed by atoms with Crippen LogP contribution in [0.25, 0.3) is 43.8 Å². The zero-order valence-corrected chi connectivity index (χ0v) is 15.9. The minimum absolute atomic E-state index is 0.158. The third-order valence-corrected chi connectivity index (χ3v) is 5.45. The van der Waals surface area contributed by atoms with Crippen LogP contribution in [0.5, 0.6) is 0 Å². The molecule has 0 fully saturated rings. The van der Waals surface area contributed by atoms with Crippen molar-refractivity contribution in [2.45, 2.75) is 26.2 Å². The van der Waals surface area contributed by atoms with Crippen LogP contribution in [0.4, 0.5) is 0 Å². The molecule has 0 unspecified atom stereocenters. The molecule has 0 aliphatic rings. The summed E-state index contributed by atoms with van der Waals surface area (Å²) in [4.78, 5) is 0. The lowest BCUT2D eigenvalue weighted by Crippen LogP contribution is -2.10. The van der Waals surface area contributed by atoms with Gasteiger partial charge in [-0.2, -0.15) is 0 Å². The van der Waals surface area contributed by atoms with Crippen molar-refractivity contribution >= 4 is 32.7 Å². The van der Waals surface area contributed by atoms with Crippen molar-refractivity contribution < 1.29 is 4.42 Å². The summed E-state index contributed by atoms with van der Waals surface area (Å²) >= 11 is 0. The van der Waals surface area contributed by atoms with Crippen molar-refractivity contribution in [3.63, 3.8) is 0 Å². The van der Waals surface area contributed by atoms with Gasteiger partial charge in [0.05, 0.1) is 0 Å². The summed E-state index contributed by atoms with van der Waals surface area (Å²) in [5, 5.41) is 4.75. The summed E-state index contributed by atoms with van der Waals surface area (Å²) < 4.78 is 6.22. The molecule has 0 amide bonds. The number of para-hydroxylation sites is 1. The van der Waals surface area contributed by atoms with Crippen LogP contribution in [0, 0.1) is 0 Å². The Morgan fingerprint density at radius 2 is 1.26 bits per heavy atom. The van der Waals surface area contributed by atoms with E-state index in [-0.39, 0.29) is 5.41 Å². The van der Waals surface area contributed by atoms with E-state index < -0.39 is 0 Å². The molecule has 0 saturated heterocycles. The Morgan fingerprint density at radius 1 is 0.630 bits per heavy atom. The maximum absolute atomic E-state index is 6.22. The highest BCUT2D eigenvalue weighted by atomic mass is 16.3. The molecule has 1 heterocycles. The molecule has 1 nitrogen and oxygen atoms in total. The van der Waals surface area contributed by atoms with Gasteiger partial charge in [-0.05, 0) is 39.6 Å². The summed E-state index contributed by atoms with van der Waals surface area (Å²) in [6.45, 7) is 6.75. The molecule has 5 rings (SSSR count). The van der Waals surface area contributed by atoms with Gasteiger partial charge in [-0.15, -0.1) is 0 Å². The van der Waals surface area contributed by atoms with Crippen LogP contribution in [-0.4, -0.2) is 0 Å². The third-order valence-electron chi connectivity index (χ3n) is 5.45. The number of furan rings is 1. The van der Waals surface area contributed by atoms with Crippen molar-refractivity contribution in [2.75, 3.05) is 0 Å². The lowest BCUT2D eigenvalue weighted by molar-refractivity contribution is 0.590. The van der Waals surface area contributed by atoms with Crippen molar-refractivity contribution in [1.29, 1.82) is 0 Å². The summed E-state index contributed by atoms with van der Waals surface area (Å²) in [5.41, 5.74) is 5.92. The summed E-state index contributed by atoms with van der Waals surface area (Å²) in [7, 11) is 0. The summed E-state index contributed by atoms with van der Waals surface area (Å²) in [5.74, 6) is 0. The quantitative estimate of drug-likeness (QED) is 0.302. The Bertz CT molecular complexity index is 1280. The van der Waals surface area contributed by atoms with E-state index in [4.69, 9.17) is 4.42 Å². The maximum Gasteiger partial charge on any atom is 0.143 e. The zero-order valence-electron chi connectivity index (χ0n) is 15.9. The van der Waals surface area contributed by atoms with Gasteiger partial charge in [-0.25, -0.2) is 0 Å². The first-order chi connectivity index (χ1) is 13.0. The lowest BCUT2D eigenvalue weighted by atomic mass is 9.86. The van der Waals surface area contributed by atoms with Crippen LogP contribution in [-0.2, 0) is 5.41 Å². The first kappa shape index (κ1) is 16.1. The average Bonchev–Trinajstić information content (AvgIpc) is 3.06. The largest absolute Gasteiger partial charge is 0.455 e. The molecule has 0 bridgehead atoms. The second-order valence-electron chi connectivity index (χ2n) is 8.27. The van der Waals surface area contributed by atoms with Gasteiger partial charge in [0.1, 0.15) is 11.2 Å². The smallest absolute Gasteiger partial charge is 0.143 e. The predicted octanol–water partition coefficient (Wildman–Crippen LogP) is 7.70. The molecule has 0 atom stereocenters. The third kappa shape index (κ3) is 2.54. The van der Waals surface area contributed by atoms with Crippen LogP contribution >= 0.6 is 0 Å². The van der Waals surface area contributed by atoms with Crippen LogP contribution in [0.15, 0.2) is 83.3 Å². The van der Waals surface area contributed by atoms with Gasteiger partial charge in [-0.3, -0.25) is 0 Å². The van der Waals surface area contributed by atoms with Crippen LogP contribution in [0.3, 0.4) is 0 Å². The minimum atomic E-state index is 0.158. The van der Waals surface area contributed by atoms with Crippen molar-refractivity contribution in [3.05, 3.63) is 84.4 Å².